The van der Waals surface area contributed by atoms with Gasteiger partial charge >= 0.3 is 0 Å². The van der Waals surface area contributed by atoms with E-state index in [4.69, 9.17) is 16.6 Å². The lowest BCUT2D eigenvalue weighted by molar-refractivity contribution is 0.340. The third-order valence-corrected chi connectivity index (χ3v) is 4.48. The van der Waals surface area contributed by atoms with Gasteiger partial charge in [0.15, 0.2) is 0 Å². The van der Waals surface area contributed by atoms with Gasteiger partial charge in [0, 0.05) is 30.9 Å². The highest BCUT2D eigenvalue weighted by molar-refractivity contribution is 6.30. The molecule has 0 radical (unpaired) electrons. The Morgan fingerprint density at radius 3 is 2.62 bits per heavy atom. The summed E-state index contributed by atoms with van der Waals surface area (Å²) in [5, 5.41) is 0.747. The molecule has 5 heteroatoms. The van der Waals surface area contributed by atoms with Crippen LogP contribution in [0.1, 0.15) is 17.2 Å². The van der Waals surface area contributed by atoms with Crippen molar-refractivity contribution in [2.75, 3.05) is 40.3 Å². The van der Waals surface area contributed by atoms with Crippen molar-refractivity contribution in [3.63, 3.8) is 0 Å². The third-order valence-electron chi connectivity index (χ3n) is 4.23. The maximum Gasteiger partial charge on any atom is 0.113 e. The molecule has 0 amide bonds. The van der Waals surface area contributed by atoms with Gasteiger partial charge in [-0.2, -0.15) is 0 Å². The first-order chi connectivity index (χ1) is 11.6. The molecule has 0 bridgehead atoms. The first kappa shape index (κ1) is 16.9. The van der Waals surface area contributed by atoms with Crippen LogP contribution >= 0.6 is 11.6 Å². The molecule has 1 aliphatic heterocycles. The van der Waals surface area contributed by atoms with Gasteiger partial charge in [0.05, 0.1) is 18.2 Å². The number of amidine groups is 1. The predicted octanol–water partition coefficient (Wildman–Crippen LogP) is 3.14. The van der Waals surface area contributed by atoms with Crippen LogP contribution in [-0.4, -0.2) is 60.9 Å². The van der Waals surface area contributed by atoms with E-state index in [1.807, 2.05) is 30.5 Å². The number of benzene rings is 1. The second-order valence-electron chi connectivity index (χ2n) is 6.27. The van der Waals surface area contributed by atoms with E-state index in [0.29, 0.717) is 0 Å². The zero-order valence-corrected chi connectivity index (χ0v) is 14.9. The lowest BCUT2D eigenvalue weighted by Gasteiger charge is -2.28. The molecule has 0 fully saturated rings. The lowest BCUT2D eigenvalue weighted by atomic mass is 9.93. The van der Waals surface area contributed by atoms with Gasteiger partial charge in [-0.15, -0.1) is 0 Å². The Balaban J connectivity index is 1.94. The Bertz CT molecular complexity index is 682. The average molecular weight is 343 g/mol. The zero-order chi connectivity index (χ0) is 16.9. The van der Waals surface area contributed by atoms with E-state index in [9.17, 15) is 0 Å². The van der Waals surface area contributed by atoms with E-state index in [0.717, 1.165) is 42.7 Å². The van der Waals surface area contributed by atoms with Crippen molar-refractivity contribution in [3.8, 4) is 0 Å². The summed E-state index contributed by atoms with van der Waals surface area (Å²) >= 11 is 6.07. The van der Waals surface area contributed by atoms with E-state index in [-0.39, 0.29) is 5.92 Å². The summed E-state index contributed by atoms with van der Waals surface area (Å²) in [7, 11) is 4.20. The van der Waals surface area contributed by atoms with E-state index in [1.165, 1.54) is 5.56 Å². The van der Waals surface area contributed by atoms with Crippen molar-refractivity contribution in [1.82, 2.24) is 14.8 Å². The van der Waals surface area contributed by atoms with Crippen LogP contribution in [0, 0.1) is 0 Å². The van der Waals surface area contributed by atoms with Gasteiger partial charge in [0.2, 0.25) is 0 Å². The van der Waals surface area contributed by atoms with E-state index in [1.54, 1.807) is 0 Å². The fourth-order valence-corrected chi connectivity index (χ4v) is 3.10. The van der Waals surface area contributed by atoms with Gasteiger partial charge in [-0.25, -0.2) is 0 Å². The van der Waals surface area contributed by atoms with Crippen molar-refractivity contribution < 1.29 is 0 Å². The number of nitrogens with zero attached hydrogens (tertiary/aromatic N) is 4. The standard InChI is InChI=1S/C19H23ClN4/c1-23(2)13-14-24-12-11-22-19(24)18(17-5-3-4-10-21-17)15-6-8-16(20)9-7-15/h3-10,18H,11-14H2,1-2H3. The monoisotopic (exact) mass is 342 g/mol. The zero-order valence-electron chi connectivity index (χ0n) is 14.2. The molecule has 0 aliphatic carbocycles. The van der Waals surface area contributed by atoms with Crippen LogP contribution in [0.15, 0.2) is 53.7 Å². The quantitative estimate of drug-likeness (QED) is 0.808. The van der Waals surface area contributed by atoms with Gasteiger partial charge in [0.1, 0.15) is 5.84 Å². The fourth-order valence-electron chi connectivity index (χ4n) is 2.97. The van der Waals surface area contributed by atoms with Crippen LogP contribution in [0.4, 0.5) is 0 Å². The SMILES string of the molecule is CN(C)CCN1CCN=C1C(c1ccc(Cl)cc1)c1ccccn1. The number of aliphatic imine (C=N–C) groups is 1. The average Bonchev–Trinajstić information content (AvgIpc) is 3.04. The summed E-state index contributed by atoms with van der Waals surface area (Å²) in [5.41, 5.74) is 2.20. The molecular weight excluding hydrogens is 320 g/mol. The van der Waals surface area contributed by atoms with Crippen LogP contribution in [-0.2, 0) is 0 Å². The molecule has 4 nitrogen and oxygen atoms in total. The van der Waals surface area contributed by atoms with Crippen LogP contribution in [0.2, 0.25) is 5.02 Å². The molecule has 1 aliphatic rings. The Hall–Kier alpha value is -1.91. The Morgan fingerprint density at radius 2 is 1.96 bits per heavy atom. The molecule has 2 heterocycles. The van der Waals surface area contributed by atoms with Crippen molar-refractivity contribution >= 4 is 17.4 Å². The topological polar surface area (TPSA) is 31.7 Å². The van der Waals surface area contributed by atoms with Crippen molar-refractivity contribution in [3.05, 3.63) is 64.9 Å². The second kappa shape index (κ2) is 7.77. The van der Waals surface area contributed by atoms with Crippen LogP contribution in [0.5, 0.6) is 0 Å². The molecule has 0 saturated carbocycles. The highest BCUT2D eigenvalue weighted by atomic mass is 35.5. The molecule has 1 aromatic heterocycles. The lowest BCUT2D eigenvalue weighted by Crippen LogP contribution is -2.37. The summed E-state index contributed by atoms with van der Waals surface area (Å²) in [6.07, 6.45) is 1.85. The molecule has 2 aromatic rings. The number of halogens is 1. The van der Waals surface area contributed by atoms with E-state index >= 15 is 0 Å². The minimum Gasteiger partial charge on any atom is -0.356 e. The maximum atomic E-state index is 6.07. The highest BCUT2D eigenvalue weighted by Crippen LogP contribution is 2.29. The first-order valence-electron chi connectivity index (χ1n) is 8.25. The number of aromatic nitrogens is 1. The summed E-state index contributed by atoms with van der Waals surface area (Å²) in [5.74, 6) is 1.16. The predicted molar refractivity (Wildman–Crippen MR) is 100.0 cm³/mol. The molecule has 1 unspecified atom stereocenters. The normalized spacial score (nSPS) is 15.7. The molecule has 3 rings (SSSR count). The van der Waals surface area contributed by atoms with Crippen molar-refractivity contribution in [2.24, 2.45) is 4.99 Å². The number of pyridine rings is 1. The maximum absolute atomic E-state index is 6.07. The van der Waals surface area contributed by atoms with Crippen LogP contribution in [0.25, 0.3) is 0 Å². The van der Waals surface area contributed by atoms with Gasteiger partial charge in [-0.3, -0.25) is 9.98 Å². The summed E-state index contributed by atoms with van der Waals surface area (Å²) < 4.78 is 0. The summed E-state index contributed by atoms with van der Waals surface area (Å²) in [6, 6.07) is 14.1. The van der Waals surface area contributed by atoms with Gasteiger partial charge in [0.25, 0.3) is 0 Å². The van der Waals surface area contributed by atoms with E-state index in [2.05, 4.69) is 47.1 Å². The molecule has 0 saturated heterocycles. The molecule has 1 atom stereocenters. The van der Waals surface area contributed by atoms with Crippen LogP contribution in [0.3, 0.4) is 0 Å². The molecule has 0 N–H and O–H groups in total. The number of rotatable bonds is 6. The van der Waals surface area contributed by atoms with E-state index < -0.39 is 0 Å². The molecule has 0 spiro atoms. The summed E-state index contributed by atoms with van der Waals surface area (Å²) in [4.78, 5) is 14.0. The van der Waals surface area contributed by atoms with Gasteiger partial charge < -0.3 is 9.80 Å². The molecule has 24 heavy (non-hydrogen) atoms. The molecular formula is C19H23ClN4. The third kappa shape index (κ3) is 3.94. The number of hydrogen-bond acceptors (Lipinski definition) is 4. The number of hydrogen-bond donors (Lipinski definition) is 0. The van der Waals surface area contributed by atoms with Crippen molar-refractivity contribution in [2.45, 2.75) is 5.92 Å². The van der Waals surface area contributed by atoms with Crippen molar-refractivity contribution in [1.29, 1.82) is 0 Å². The highest BCUT2D eigenvalue weighted by Gasteiger charge is 2.29. The smallest absolute Gasteiger partial charge is 0.113 e. The minimum absolute atomic E-state index is 0.0492. The minimum atomic E-state index is 0.0492. The first-order valence-corrected chi connectivity index (χ1v) is 8.63. The summed E-state index contributed by atoms with van der Waals surface area (Å²) in [6.45, 7) is 3.80. The molecule has 126 valence electrons. The Labute approximate surface area is 148 Å². The fraction of sp³-hybridized carbons (Fsp3) is 0.368. The molecule has 1 aromatic carbocycles. The van der Waals surface area contributed by atoms with Crippen LogP contribution < -0.4 is 0 Å². The largest absolute Gasteiger partial charge is 0.356 e. The Morgan fingerprint density at radius 1 is 1.17 bits per heavy atom. The number of likely N-dealkylation sites (N-methyl/N-ethyl adjacent to an activating group) is 1. The Kier molecular flexibility index (Phi) is 5.48. The van der Waals surface area contributed by atoms with Gasteiger partial charge in [-0.1, -0.05) is 29.8 Å². The van der Waals surface area contributed by atoms with Gasteiger partial charge in [-0.05, 0) is 43.9 Å². The second-order valence-corrected chi connectivity index (χ2v) is 6.71.